The molecule has 0 spiro atoms. The van der Waals surface area contributed by atoms with Gasteiger partial charge in [0, 0.05) is 24.2 Å². The summed E-state index contributed by atoms with van der Waals surface area (Å²) in [7, 11) is 0. The number of benzene rings is 1. The highest BCUT2D eigenvalue weighted by atomic mass is 35.5. The summed E-state index contributed by atoms with van der Waals surface area (Å²) in [5.41, 5.74) is 0.654. The van der Waals surface area contributed by atoms with Crippen LogP contribution in [0.3, 0.4) is 0 Å². The van der Waals surface area contributed by atoms with E-state index in [9.17, 15) is 10.1 Å². The molecule has 0 N–H and O–H groups in total. The van der Waals surface area contributed by atoms with Crippen molar-refractivity contribution in [2.75, 3.05) is 24.6 Å². The van der Waals surface area contributed by atoms with E-state index in [1.165, 1.54) is 6.07 Å². The van der Waals surface area contributed by atoms with Gasteiger partial charge in [-0.05, 0) is 19.1 Å². The monoisotopic (exact) mass is 256 g/mol. The molecule has 0 aliphatic carbocycles. The lowest BCUT2D eigenvalue weighted by Gasteiger charge is -2.32. The van der Waals surface area contributed by atoms with Gasteiger partial charge in [-0.25, -0.2) is 0 Å². The molecule has 5 nitrogen and oxygen atoms in total. The summed E-state index contributed by atoms with van der Waals surface area (Å²) in [5.74, 6) is 0. The van der Waals surface area contributed by atoms with E-state index in [1.54, 1.807) is 12.1 Å². The summed E-state index contributed by atoms with van der Waals surface area (Å²) < 4.78 is 5.42. The molecule has 92 valence electrons. The molecular formula is C11H13ClN2O3. The molecule has 0 bridgehead atoms. The number of ether oxygens (including phenoxy) is 1. The molecule has 1 unspecified atom stereocenters. The fourth-order valence-electron chi connectivity index (χ4n) is 1.95. The molecule has 0 saturated carbocycles. The van der Waals surface area contributed by atoms with Crippen molar-refractivity contribution in [1.29, 1.82) is 0 Å². The van der Waals surface area contributed by atoms with E-state index in [4.69, 9.17) is 16.3 Å². The number of hydrogen-bond acceptors (Lipinski definition) is 4. The number of morpholine rings is 1. The van der Waals surface area contributed by atoms with Gasteiger partial charge in [0.15, 0.2) is 0 Å². The van der Waals surface area contributed by atoms with Gasteiger partial charge in [-0.2, -0.15) is 0 Å². The Labute approximate surface area is 104 Å². The van der Waals surface area contributed by atoms with Gasteiger partial charge in [-0.15, -0.1) is 0 Å². The first kappa shape index (κ1) is 12.1. The minimum absolute atomic E-state index is 0.0478. The maximum Gasteiger partial charge on any atom is 0.294 e. The van der Waals surface area contributed by atoms with E-state index >= 15 is 0 Å². The Hall–Kier alpha value is -1.33. The highest BCUT2D eigenvalue weighted by Crippen LogP contribution is 2.31. The molecule has 0 amide bonds. The molecule has 0 aromatic heterocycles. The smallest absolute Gasteiger partial charge is 0.294 e. The molecule has 2 rings (SSSR count). The summed E-state index contributed by atoms with van der Waals surface area (Å²) in [4.78, 5) is 12.5. The summed E-state index contributed by atoms with van der Waals surface area (Å²) in [6.07, 6.45) is 0.0824. The average Bonchev–Trinajstić information content (AvgIpc) is 2.28. The van der Waals surface area contributed by atoms with Crippen molar-refractivity contribution >= 4 is 23.0 Å². The highest BCUT2D eigenvalue weighted by molar-refractivity contribution is 6.30. The van der Waals surface area contributed by atoms with Crippen molar-refractivity contribution < 1.29 is 9.66 Å². The number of nitro benzene ring substituents is 1. The van der Waals surface area contributed by atoms with E-state index in [1.807, 2.05) is 11.8 Å². The Morgan fingerprint density at radius 2 is 2.35 bits per heavy atom. The molecular weight excluding hydrogens is 244 g/mol. The second kappa shape index (κ2) is 4.89. The first-order valence-corrected chi connectivity index (χ1v) is 5.76. The van der Waals surface area contributed by atoms with Crippen molar-refractivity contribution in [3.63, 3.8) is 0 Å². The Kier molecular flexibility index (Phi) is 3.49. The molecule has 1 atom stereocenters. The second-order valence-corrected chi connectivity index (χ2v) is 4.45. The Bertz CT molecular complexity index is 439. The third kappa shape index (κ3) is 2.68. The molecule has 1 aromatic carbocycles. The van der Waals surface area contributed by atoms with Crippen molar-refractivity contribution in [2.24, 2.45) is 0 Å². The summed E-state index contributed by atoms with van der Waals surface area (Å²) >= 11 is 5.78. The van der Waals surface area contributed by atoms with Gasteiger partial charge in [-0.3, -0.25) is 10.1 Å². The zero-order chi connectivity index (χ0) is 12.4. The van der Waals surface area contributed by atoms with Crippen LogP contribution in [0.1, 0.15) is 6.92 Å². The van der Waals surface area contributed by atoms with Crippen LogP contribution in [0.5, 0.6) is 0 Å². The quantitative estimate of drug-likeness (QED) is 0.603. The molecule has 1 saturated heterocycles. The van der Waals surface area contributed by atoms with Gasteiger partial charge in [0.05, 0.1) is 17.6 Å². The molecule has 1 aliphatic heterocycles. The molecule has 1 fully saturated rings. The van der Waals surface area contributed by atoms with Crippen LogP contribution in [0.25, 0.3) is 0 Å². The first-order chi connectivity index (χ1) is 8.08. The van der Waals surface area contributed by atoms with Crippen molar-refractivity contribution in [2.45, 2.75) is 13.0 Å². The van der Waals surface area contributed by atoms with E-state index in [2.05, 4.69) is 0 Å². The zero-order valence-corrected chi connectivity index (χ0v) is 10.2. The zero-order valence-electron chi connectivity index (χ0n) is 9.43. The van der Waals surface area contributed by atoms with Crippen LogP contribution in [-0.4, -0.2) is 30.7 Å². The minimum atomic E-state index is -0.401. The molecule has 6 heteroatoms. The van der Waals surface area contributed by atoms with Crippen LogP contribution in [0.4, 0.5) is 11.4 Å². The van der Waals surface area contributed by atoms with Gasteiger partial charge in [-0.1, -0.05) is 11.6 Å². The van der Waals surface area contributed by atoms with Gasteiger partial charge in [0.1, 0.15) is 5.69 Å². The largest absolute Gasteiger partial charge is 0.375 e. The molecule has 0 radical (unpaired) electrons. The van der Waals surface area contributed by atoms with Crippen LogP contribution in [-0.2, 0) is 4.74 Å². The van der Waals surface area contributed by atoms with E-state index < -0.39 is 4.92 Å². The normalized spacial score (nSPS) is 20.4. The number of nitro groups is 1. The standard InChI is InChI=1S/C11H13ClN2O3/c1-8-7-13(4-5-17-8)10-3-2-9(12)6-11(10)14(15)16/h2-3,6,8H,4-5,7H2,1H3. The predicted molar refractivity (Wildman–Crippen MR) is 65.7 cm³/mol. The summed E-state index contributed by atoms with van der Waals surface area (Å²) in [5, 5.41) is 11.4. The molecule has 17 heavy (non-hydrogen) atoms. The maximum atomic E-state index is 11.0. The van der Waals surface area contributed by atoms with Crippen LogP contribution in [0, 0.1) is 10.1 Å². The van der Waals surface area contributed by atoms with Crippen molar-refractivity contribution in [3.8, 4) is 0 Å². The number of rotatable bonds is 2. The Balaban J connectivity index is 2.33. The predicted octanol–water partition coefficient (Wildman–Crippen LogP) is 2.47. The van der Waals surface area contributed by atoms with Gasteiger partial charge < -0.3 is 9.64 Å². The highest BCUT2D eigenvalue weighted by Gasteiger charge is 2.24. The summed E-state index contributed by atoms with van der Waals surface area (Å²) in [6.45, 7) is 3.85. The summed E-state index contributed by atoms with van der Waals surface area (Å²) in [6, 6.07) is 4.75. The number of hydrogen-bond donors (Lipinski definition) is 0. The fraction of sp³-hybridized carbons (Fsp3) is 0.455. The lowest BCUT2D eigenvalue weighted by atomic mass is 10.2. The maximum absolute atomic E-state index is 11.0. The topological polar surface area (TPSA) is 55.6 Å². The molecule has 1 aromatic rings. The Morgan fingerprint density at radius 1 is 1.59 bits per heavy atom. The third-order valence-electron chi connectivity index (χ3n) is 2.72. The van der Waals surface area contributed by atoms with Gasteiger partial charge >= 0.3 is 0 Å². The van der Waals surface area contributed by atoms with E-state index in [-0.39, 0.29) is 11.8 Å². The first-order valence-electron chi connectivity index (χ1n) is 5.38. The fourth-order valence-corrected chi connectivity index (χ4v) is 2.11. The third-order valence-corrected chi connectivity index (χ3v) is 2.95. The average molecular weight is 257 g/mol. The van der Waals surface area contributed by atoms with Gasteiger partial charge in [0.25, 0.3) is 5.69 Å². The SMILES string of the molecule is CC1CN(c2ccc(Cl)cc2[N+](=O)[O-])CCO1. The van der Waals surface area contributed by atoms with E-state index in [0.717, 1.165) is 0 Å². The number of nitrogens with zero attached hydrogens (tertiary/aromatic N) is 2. The van der Waals surface area contributed by atoms with Crippen LogP contribution >= 0.6 is 11.6 Å². The van der Waals surface area contributed by atoms with Crippen molar-refractivity contribution in [3.05, 3.63) is 33.3 Å². The van der Waals surface area contributed by atoms with Crippen LogP contribution in [0.15, 0.2) is 18.2 Å². The second-order valence-electron chi connectivity index (χ2n) is 4.02. The Morgan fingerprint density at radius 3 is 3.00 bits per heavy atom. The lowest BCUT2D eigenvalue weighted by molar-refractivity contribution is -0.384. The number of halogens is 1. The minimum Gasteiger partial charge on any atom is -0.375 e. The van der Waals surface area contributed by atoms with E-state index in [0.29, 0.717) is 30.4 Å². The number of anilines is 1. The van der Waals surface area contributed by atoms with Crippen LogP contribution < -0.4 is 4.90 Å². The van der Waals surface area contributed by atoms with Gasteiger partial charge in [0.2, 0.25) is 0 Å². The van der Waals surface area contributed by atoms with Crippen molar-refractivity contribution in [1.82, 2.24) is 0 Å². The molecule has 1 heterocycles. The molecule has 1 aliphatic rings. The lowest BCUT2D eigenvalue weighted by Crippen LogP contribution is -2.41. The van der Waals surface area contributed by atoms with Crippen LogP contribution in [0.2, 0.25) is 5.02 Å².